The Labute approximate surface area is 117 Å². The highest BCUT2D eigenvalue weighted by molar-refractivity contribution is 6.18. The van der Waals surface area contributed by atoms with E-state index in [-0.39, 0.29) is 25.5 Å². The molecule has 3 nitrogen and oxygen atoms in total. The molecule has 19 heavy (non-hydrogen) atoms. The SMILES string of the molecule is O=C(OCc1ccccc1)[C@@H]1C[C@H](F)CN1CCCl. The number of esters is 1. The zero-order valence-corrected chi connectivity index (χ0v) is 11.4. The van der Waals surface area contributed by atoms with Crippen LogP contribution in [0, 0.1) is 0 Å². The van der Waals surface area contributed by atoms with Crippen molar-refractivity contribution in [3.8, 4) is 0 Å². The molecule has 0 amide bonds. The summed E-state index contributed by atoms with van der Waals surface area (Å²) >= 11 is 5.66. The van der Waals surface area contributed by atoms with Crippen molar-refractivity contribution in [2.45, 2.75) is 25.2 Å². The molecule has 0 N–H and O–H groups in total. The third-order valence-electron chi connectivity index (χ3n) is 3.22. The van der Waals surface area contributed by atoms with Crippen LogP contribution in [0.4, 0.5) is 4.39 Å². The standard InChI is InChI=1S/C14H17ClFNO2/c15-6-7-17-9-12(16)8-13(17)14(18)19-10-11-4-2-1-3-5-11/h1-5,12-13H,6-10H2/t12-,13-/m0/s1. The van der Waals surface area contributed by atoms with E-state index in [2.05, 4.69) is 0 Å². The van der Waals surface area contributed by atoms with Crippen LogP contribution < -0.4 is 0 Å². The third-order valence-corrected chi connectivity index (χ3v) is 3.39. The van der Waals surface area contributed by atoms with Crippen molar-refractivity contribution in [3.05, 3.63) is 35.9 Å². The predicted octanol–water partition coefficient (Wildman–Crippen LogP) is 2.38. The quantitative estimate of drug-likeness (QED) is 0.614. The van der Waals surface area contributed by atoms with Crippen LogP contribution in [0.15, 0.2) is 30.3 Å². The lowest BCUT2D eigenvalue weighted by molar-refractivity contribution is -0.150. The normalized spacial score (nSPS) is 23.5. The molecule has 0 unspecified atom stereocenters. The van der Waals surface area contributed by atoms with Crippen LogP contribution >= 0.6 is 11.6 Å². The fraction of sp³-hybridized carbons (Fsp3) is 0.500. The number of halogens is 2. The van der Waals surface area contributed by atoms with Crippen LogP contribution in [0.25, 0.3) is 0 Å². The predicted molar refractivity (Wildman–Crippen MR) is 71.8 cm³/mol. The lowest BCUT2D eigenvalue weighted by atomic mass is 10.2. The monoisotopic (exact) mass is 285 g/mol. The summed E-state index contributed by atoms with van der Waals surface area (Å²) in [7, 11) is 0. The molecule has 0 aromatic heterocycles. The number of ether oxygens (including phenoxy) is 1. The maximum absolute atomic E-state index is 13.4. The van der Waals surface area contributed by atoms with Gasteiger partial charge in [0.1, 0.15) is 18.8 Å². The molecule has 0 radical (unpaired) electrons. The highest BCUT2D eigenvalue weighted by Gasteiger charge is 2.37. The molecule has 5 heteroatoms. The van der Waals surface area contributed by atoms with E-state index in [1.807, 2.05) is 30.3 Å². The number of rotatable bonds is 5. The van der Waals surface area contributed by atoms with Crippen molar-refractivity contribution in [2.75, 3.05) is 19.0 Å². The largest absolute Gasteiger partial charge is 0.460 e. The number of benzene rings is 1. The molecule has 0 saturated carbocycles. The number of nitrogens with zero attached hydrogens (tertiary/aromatic N) is 1. The molecule has 1 heterocycles. The van der Waals surface area contributed by atoms with E-state index in [4.69, 9.17) is 16.3 Å². The van der Waals surface area contributed by atoms with Gasteiger partial charge in [-0.15, -0.1) is 11.6 Å². The Morgan fingerprint density at radius 3 is 2.84 bits per heavy atom. The number of carbonyl (C=O) groups is 1. The number of alkyl halides is 2. The first kappa shape index (κ1) is 14.3. The number of hydrogen-bond acceptors (Lipinski definition) is 3. The molecule has 2 atom stereocenters. The fourth-order valence-corrected chi connectivity index (χ4v) is 2.49. The van der Waals surface area contributed by atoms with Crippen LogP contribution in [-0.4, -0.2) is 42.1 Å². The van der Waals surface area contributed by atoms with Gasteiger partial charge >= 0.3 is 5.97 Å². The Bertz CT molecular complexity index is 415. The molecular weight excluding hydrogens is 269 g/mol. The Morgan fingerprint density at radius 2 is 2.16 bits per heavy atom. The molecule has 1 aromatic carbocycles. The molecule has 1 aromatic rings. The molecule has 0 aliphatic carbocycles. The molecule has 0 bridgehead atoms. The van der Waals surface area contributed by atoms with Gasteiger partial charge in [-0.3, -0.25) is 9.69 Å². The van der Waals surface area contributed by atoms with Gasteiger partial charge in [0.15, 0.2) is 0 Å². The van der Waals surface area contributed by atoms with E-state index in [0.29, 0.717) is 12.4 Å². The summed E-state index contributed by atoms with van der Waals surface area (Å²) in [6.45, 7) is 0.993. The molecule has 0 spiro atoms. The second-order valence-corrected chi connectivity index (χ2v) is 5.00. The maximum Gasteiger partial charge on any atom is 0.323 e. The molecule has 1 fully saturated rings. The van der Waals surface area contributed by atoms with Crippen LogP contribution in [0.5, 0.6) is 0 Å². The average Bonchev–Trinajstić information content (AvgIpc) is 2.79. The molecule has 1 saturated heterocycles. The second-order valence-electron chi connectivity index (χ2n) is 4.63. The first-order valence-corrected chi connectivity index (χ1v) is 6.89. The van der Waals surface area contributed by atoms with E-state index in [9.17, 15) is 9.18 Å². The second kappa shape index (κ2) is 6.87. The van der Waals surface area contributed by atoms with Crippen molar-refractivity contribution in [2.24, 2.45) is 0 Å². The minimum absolute atomic E-state index is 0.199. The van der Waals surface area contributed by atoms with E-state index in [1.54, 1.807) is 4.90 Å². The Kier molecular flexibility index (Phi) is 5.16. The van der Waals surface area contributed by atoms with Crippen LogP contribution in [0.2, 0.25) is 0 Å². The smallest absolute Gasteiger partial charge is 0.323 e. The Morgan fingerprint density at radius 1 is 1.42 bits per heavy atom. The van der Waals surface area contributed by atoms with Gasteiger partial charge in [0.25, 0.3) is 0 Å². The Hall–Kier alpha value is -1.13. The highest BCUT2D eigenvalue weighted by atomic mass is 35.5. The van der Waals surface area contributed by atoms with Gasteiger partial charge in [0.2, 0.25) is 0 Å². The molecule has 2 rings (SSSR count). The van der Waals surface area contributed by atoms with E-state index in [0.717, 1.165) is 5.56 Å². The minimum Gasteiger partial charge on any atom is -0.460 e. The highest BCUT2D eigenvalue weighted by Crippen LogP contribution is 2.21. The molecule has 1 aliphatic heterocycles. The van der Waals surface area contributed by atoms with Gasteiger partial charge in [-0.1, -0.05) is 30.3 Å². The van der Waals surface area contributed by atoms with Crippen LogP contribution in [0.1, 0.15) is 12.0 Å². The first-order chi connectivity index (χ1) is 9.20. The van der Waals surface area contributed by atoms with Gasteiger partial charge in [0, 0.05) is 25.4 Å². The van der Waals surface area contributed by atoms with Crippen LogP contribution in [-0.2, 0) is 16.1 Å². The van der Waals surface area contributed by atoms with Crippen molar-refractivity contribution < 1.29 is 13.9 Å². The van der Waals surface area contributed by atoms with Crippen molar-refractivity contribution in [1.29, 1.82) is 0 Å². The zero-order chi connectivity index (χ0) is 13.7. The molecule has 104 valence electrons. The van der Waals surface area contributed by atoms with E-state index in [1.165, 1.54) is 0 Å². The summed E-state index contributed by atoms with van der Waals surface area (Å²) in [5.74, 6) is 0.0176. The summed E-state index contributed by atoms with van der Waals surface area (Å²) in [6, 6.07) is 8.94. The van der Waals surface area contributed by atoms with Crippen LogP contribution in [0.3, 0.4) is 0 Å². The van der Waals surface area contributed by atoms with Gasteiger partial charge in [-0.2, -0.15) is 0 Å². The van der Waals surface area contributed by atoms with Gasteiger partial charge in [-0.25, -0.2) is 4.39 Å². The number of carbonyl (C=O) groups excluding carboxylic acids is 1. The number of likely N-dealkylation sites (tertiary alicyclic amines) is 1. The van der Waals surface area contributed by atoms with E-state index >= 15 is 0 Å². The summed E-state index contributed by atoms with van der Waals surface area (Å²) in [5.41, 5.74) is 0.925. The zero-order valence-electron chi connectivity index (χ0n) is 10.6. The fourth-order valence-electron chi connectivity index (χ4n) is 2.27. The summed E-state index contributed by atoms with van der Waals surface area (Å²) in [4.78, 5) is 13.7. The first-order valence-electron chi connectivity index (χ1n) is 6.35. The topological polar surface area (TPSA) is 29.5 Å². The molecule has 1 aliphatic rings. The van der Waals surface area contributed by atoms with Gasteiger partial charge < -0.3 is 4.74 Å². The van der Waals surface area contributed by atoms with Gasteiger partial charge in [0.05, 0.1) is 0 Å². The van der Waals surface area contributed by atoms with E-state index < -0.39 is 12.2 Å². The van der Waals surface area contributed by atoms with Crippen molar-refractivity contribution in [3.63, 3.8) is 0 Å². The summed E-state index contributed by atoms with van der Waals surface area (Å²) < 4.78 is 18.6. The lowest BCUT2D eigenvalue weighted by Crippen LogP contribution is -2.38. The summed E-state index contributed by atoms with van der Waals surface area (Å²) in [5, 5.41) is 0. The lowest BCUT2D eigenvalue weighted by Gasteiger charge is -2.21. The Balaban J connectivity index is 1.88. The minimum atomic E-state index is -0.975. The van der Waals surface area contributed by atoms with Gasteiger partial charge in [-0.05, 0) is 5.56 Å². The van der Waals surface area contributed by atoms with Crippen molar-refractivity contribution in [1.82, 2.24) is 4.90 Å². The average molecular weight is 286 g/mol. The number of hydrogen-bond donors (Lipinski definition) is 0. The third kappa shape index (κ3) is 3.91. The van der Waals surface area contributed by atoms with Crippen molar-refractivity contribution >= 4 is 17.6 Å². The molecular formula is C14H17ClFNO2. The maximum atomic E-state index is 13.4. The summed E-state index contributed by atoms with van der Waals surface area (Å²) in [6.07, 6.45) is -0.776.